The predicted molar refractivity (Wildman–Crippen MR) is 129 cm³/mol. The number of aromatic nitrogens is 1. The van der Waals surface area contributed by atoms with Crippen molar-refractivity contribution in [2.75, 3.05) is 6.61 Å². The van der Waals surface area contributed by atoms with Gasteiger partial charge in [-0.25, -0.2) is 14.2 Å². The minimum atomic E-state index is -0.993. The number of rotatable bonds is 7. The first kappa shape index (κ1) is 21.7. The quantitative estimate of drug-likeness (QED) is 0.309. The van der Waals surface area contributed by atoms with E-state index >= 15 is 0 Å². The van der Waals surface area contributed by atoms with Crippen LogP contribution in [0.3, 0.4) is 0 Å². The van der Waals surface area contributed by atoms with Gasteiger partial charge in [0.05, 0.1) is 5.69 Å². The fourth-order valence-electron chi connectivity index (χ4n) is 4.06. The fraction of sp³-hybridized carbons (Fsp3) is 0.154. The Bertz CT molecular complexity index is 1330. The van der Waals surface area contributed by atoms with Gasteiger partial charge in [0.1, 0.15) is 11.6 Å². The Morgan fingerprint density at radius 2 is 1.76 bits per heavy atom. The number of aryl methyl sites for hydroxylation is 1. The fourth-order valence-corrected chi connectivity index (χ4v) is 6.26. The van der Waals surface area contributed by atoms with E-state index in [1.807, 2.05) is 54.6 Å². The monoisotopic (exact) mass is 477 g/mol. The first-order chi connectivity index (χ1) is 16.1. The van der Waals surface area contributed by atoms with E-state index in [0.717, 1.165) is 45.1 Å². The molecule has 3 aromatic carbocycles. The molecule has 0 bridgehead atoms. The van der Waals surface area contributed by atoms with Crippen LogP contribution in [0.5, 0.6) is 5.75 Å². The van der Waals surface area contributed by atoms with Crippen molar-refractivity contribution in [1.82, 2.24) is 4.98 Å². The van der Waals surface area contributed by atoms with Gasteiger partial charge in [-0.1, -0.05) is 66.4 Å². The molecule has 0 aliphatic heterocycles. The molecule has 1 aliphatic carbocycles. The molecule has 0 spiro atoms. The van der Waals surface area contributed by atoms with Crippen LogP contribution in [0.25, 0.3) is 22.4 Å². The summed E-state index contributed by atoms with van der Waals surface area (Å²) in [6.07, 6.45) is 1.64. The van der Waals surface area contributed by atoms with E-state index in [0.29, 0.717) is 17.1 Å². The molecule has 0 saturated heterocycles. The van der Waals surface area contributed by atoms with Gasteiger partial charge in [0.25, 0.3) is 0 Å². The minimum absolute atomic E-state index is 0.225. The molecule has 0 atom stereocenters. The van der Waals surface area contributed by atoms with Crippen LogP contribution in [0.2, 0.25) is 0 Å². The molecule has 0 amide bonds. The van der Waals surface area contributed by atoms with E-state index in [4.69, 9.17) is 14.8 Å². The number of ether oxygens (including phenoxy) is 1. The van der Waals surface area contributed by atoms with Gasteiger partial charge in [0, 0.05) is 27.3 Å². The molecule has 1 aliphatic rings. The number of nitrogens with zero attached hydrogens (tertiary/aromatic N) is 1. The molecule has 0 saturated carbocycles. The molecule has 7 heteroatoms. The first-order valence-corrected chi connectivity index (χ1v) is 12.3. The van der Waals surface area contributed by atoms with Gasteiger partial charge >= 0.3 is 5.97 Å². The summed E-state index contributed by atoms with van der Waals surface area (Å²) in [6, 6.07) is 20.4. The van der Waals surface area contributed by atoms with Crippen molar-refractivity contribution in [2.45, 2.75) is 22.9 Å². The average Bonchev–Trinajstić information content (AvgIpc) is 3.25. The zero-order valence-corrected chi connectivity index (χ0v) is 19.2. The highest BCUT2D eigenvalue weighted by Crippen LogP contribution is 2.43. The van der Waals surface area contributed by atoms with Gasteiger partial charge < -0.3 is 9.84 Å². The molecule has 0 radical (unpaired) electrons. The number of fused-ring (bicyclic) bond motifs is 3. The molecule has 4 aromatic rings. The van der Waals surface area contributed by atoms with Gasteiger partial charge in [-0.3, -0.25) is 0 Å². The highest BCUT2D eigenvalue weighted by Gasteiger charge is 2.24. The van der Waals surface area contributed by atoms with Gasteiger partial charge in [0.2, 0.25) is 0 Å². The zero-order valence-electron chi connectivity index (χ0n) is 17.6. The summed E-state index contributed by atoms with van der Waals surface area (Å²) in [4.78, 5) is 17.0. The molecule has 5 rings (SSSR count). The summed E-state index contributed by atoms with van der Waals surface area (Å²) in [5.41, 5.74) is 5.54. The van der Waals surface area contributed by atoms with Crippen LogP contribution >= 0.6 is 23.1 Å². The number of halogens is 1. The lowest BCUT2D eigenvalue weighted by molar-refractivity contribution is -0.139. The van der Waals surface area contributed by atoms with Crippen molar-refractivity contribution in [2.24, 2.45) is 0 Å². The second kappa shape index (κ2) is 9.37. The number of aliphatic carboxylic acids is 1. The third-order valence-corrected chi connectivity index (χ3v) is 7.86. The van der Waals surface area contributed by atoms with Crippen LogP contribution < -0.4 is 4.74 Å². The summed E-state index contributed by atoms with van der Waals surface area (Å²) < 4.78 is 20.8. The van der Waals surface area contributed by atoms with E-state index in [9.17, 15) is 9.18 Å². The average molecular weight is 478 g/mol. The lowest BCUT2D eigenvalue weighted by atomic mass is 9.93. The summed E-state index contributed by atoms with van der Waals surface area (Å²) >= 11 is 3.34. The summed E-state index contributed by atoms with van der Waals surface area (Å²) in [6.45, 7) is -0.358. The molecule has 1 heterocycles. The molecule has 33 heavy (non-hydrogen) atoms. The Balaban J connectivity index is 1.39. The van der Waals surface area contributed by atoms with Gasteiger partial charge in [0.15, 0.2) is 10.9 Å². The van der Waals surface area contributed by atoms with Crippen molar-refractivity contribution in [3.8, 4) is 28.1 Å². The number of carbonyl (C=O) groups is 1. The van der Waals surface area contributed by atoms with Gasteiger partial charge in [-0.05, 0) is 36.1 Å². The van der Waals surface area contributed by atoms with E-state index < -0.39 is 5.97 Å². The third kappa shape index (κ3) is 4.51. The molecule has 1 N–H and O–H groups in total. The Hall–Kier alpha value is -3.16. The molecule has 1 aromatic heterocycles. The van der Waals surface area contributed by atoms with Crippen LogP contribution in [0.15, 0.2) is 71.1 Å². The maximum absolute atomic E-state index is 14.4. The molecule has 4 nitrogen and oxygen atoms in total. The summed E-state index contributed by atoms with van der Waals surface area (Å²) in [5, 5.41) is 8.94. The van der Waals surface area contributed by atoms with Gasteiger partial charge in [-0.2, -0.15) is 0 Å². The van der Waals surface area contributed by atoms with E-state index in [2.05, 4.69) is 0 Å². The topological polar surface area (TPSA) is 59.4 Å². The summed E-state index contributed by atoms with van der Waals surface area (Å²) in [5.74, 6) is 0.0804. The normalized spacial score (nSPS) is 12.2. The number of carboxylic acids is 1. The molecule has 166 valence electrons. The Labute approximate surface area is 199 Å². The molecular weight excluding hydrogens is 457 g/mol. The third-order valence-electron chi connectivity index (χ3n) is 5.55. The number of hydrogen-bond donors (Lipinski definition) is 1. The van der Waals surface area contributed by atoms with Crippen LogP contribution in [-0.4, -0.2) is 22.7 Å². The second-order valence-corrected chi connectivity index (χ2v) is 9.95. The lowest BCUT2D eigenvalue weighted by Gasteiger charge is -2.18. The van der Waals surface area contributed by atoms with E-state index in [1.54, 1.807) is 29.2 Å². The maximum atomic E-state index is 14.4. The van der Waals surface area contributed by atoms with Crippen LogP contribution in [0, 0.1) is 5.82 Å². The van der Waals surface area contributed by atoms with Crippen LogP contribution in [0.1, 0.15) is 16.0 Å². The Morgan fingerprint density at radius 3 is 2.58 bits per heavy atom. The Kier molecular flexibility index (Phi) is 6.15. The van der Waals surface area contributed by atoms with Crippen molar-refractivity contribution in [1.29, 1.82) is 0 Å². The standard InChI is InChI=1S/C26H20FNO3S2/c27-21-10-4-3-8-18(21)17-7-2-1-6-16(17)15-32-26-28-25-20-9-5-11-22(31-14-24(29)30)19(20)12-13-23(25)33-26/h1-11H,12-15H2,(H,29,30). The predicted octanol–water partition coefficient (Wildman–Crippen LogP) is 6.47. The van der Waals surface area contributed by atoms with Crippen molar-refractivity contribution in [3.05, 3.63) is 88.6 Å². The number of thioether (sulfide) groups is 1. The van der Waals surface area contributed by atoms with Crippen molar-refractivity contribution in [3.63, 3.8) is 0 Å². The summed E-state index contributed by atoms with van der Waals surface area (Å²) in [7, 11) is 0. The van der Waals surface area contributed by atoms with Gasteiger partial charge in [-0.15, -0.1) is 11.3 Å². The minimum Gasteiger partial charge on any atom is -0.482 e. The van der Waals surface area contributed by atoms with E-state index in [1.165, 1.54) is 10.9 Å². The SMILES string of the molecule is O=C(O)COc1cccc2c1CCc1sc(SCc3ccccc3-c3ccccc3F)nc1-2. The first-order valence-electron chi connectivity index (χ1n) is 10.5. The highest BCUT2D eigenvalue weighted by molar-refractivity contribution is 8.00. The van der Waals surface area contributed by atoms with Crippen LogP contribution in [0.4, 0.5) is 4.39 Å². The molecule has 0 fully saturated rings. The zero-order chi connectivity index (χ0) is 22.8. The highest BCUT2D eigenvalue weighted by atomic mass is 32.2. The Morgan fingerprint density at radius 1 is 1.00 bits per heavy atom. The smallest absolute Gasteiger partial charge is 0.341 e. The second-order valence-electron chi connectivity index (χ2n) is 7.64. The van der Waals surface area contributed by atoms with Crippen molar-refractivity contribution < 1.29 is 19.0 Å². The number of hydrogen-bond acceptors (Lipinski definition) is 5. The number of carboxylic acid groups (broad SMARTS) is 1. The maximum Gasteiger partial charge on any atom is 0.341 e. The van der Waals surface area contributed by atoms with Crippen LogP contribution in [-0.2, 0) is 23.4 Å². The molecular formula is C26H20FNO3S2. The lowest BCUT2D eigenvalue weighted by Crippen LogP contribution is -2.12. The van der Waals surface area contributed by atoms with Crippen molar-refractivity contribution >= 4 is 29.1 Å². The number of thiazole rings is 1. The molecule has 0 unspecified atom stereocenters. The largest absolute Gasteiger partial charge is 0.482 e. The number of benzene rings is 3. The van der Waals surface area contributed by atoms with E-state index in [-0.39, 0.29) is 12.4 Å².